The molecule has 0 spiro atoms. The van der Waals surface area contributed by atoms with E-state index in [1.54, 1.807) is 23.7 Å². The maximum Gasteiger partial charge on any atom is 0.177 e. The van der Waals surface area contributed by atoms with Gasteiger partial charge in [-0.2, -0.15) is 0 Å². The second kappa shape index (κ2) is 5.30. The highest BCUT2D eigenvalue weighted by Crippen LogP contribution is 2.42. The van der Waals surface area contributed by atoms with E-state index in [0.29, 0.717) is 11.4 Å². The Balaban J connectivity index is 1.79. The van der Waals surface area contributed by atoms with Gasteiger partial charge in [-0.15, -0.1) is 22.7 Å². The van der Waals surface area contributed by atoms with E-state index >= 15 is 0 Å². The third-order valence-corrected chi connectivity index (χ3v) is 5.90. The summed E-state index contributed by atoms with van der Waals surface area (Å²) in [5.41, 5.74) is 15.7. The van der Waals surface area contributed by atoms with Gasteiger partial charge < -0.3 is 15.9 Å². The molecule has 0 bridgehead atoms. The summed E-state index contributed by atoms with van der Waals surface area (Å²) in [6, 6.07) is 6.00. The maximum absolute atomic E-state index is 6.10. The average Bonchev–Trinajstić information content (AvgIpc) is 3.33. The number of anilines is 2. The van der Waals surface area contributed by atoms with Gasteiger partial charge in [0.2, 0.25) is 0 Å². The van der Waals surface area contributed by atoms with Crippen LogP contribution in [0.4, 0.5) is 10.8 Å². The Morgan fingerprint density at radius 1 is 0.960 bits per heavy atom. The third kappa shape index (κ3) is 2.13. The van der Waals surface area contributed by atoms with Crippen LogP contribution in [0.25, 0.3) is 43.5 Å². The molecule has 5 aromatic rings. The van der Waals surface area contributed by atoms with Crippen molar-refractivity contribution in [3.05, 3.63) is 47.5 Å². The first kappa shape index (κ1) is 14.4. The molecule has 0 unspecified atom stereocenters. The van der Waals surface area contributed by atoms with E-state index in [1.165, 1.54) is 11.3 Å². The monoisotopic (exact) mass is 364 g/mol. The summed E-state index contributed by atoms with van der Waals surface area (Å²) in [4.78, 5) is 8.46. The fourth-order valence-corrected chi connectivity index (χ4v) is 4.58. The van der Waals surface area contributed by atoms with Crippen molar-refractivity contribution in [2.45, 2.75) is 0 Å². The molecule has 0 saturated heterocycles. The minimum absolute atomic E-state index is 0.375. The van der Waals surface area contributed by atoms with Gasteiger partial charge in [-0.25, -0.2) is 4.98 Å². The van der Waals surface area contributed by atoms with Crippen molar-refractivity contribution in [3.63, 3.8) is 0 Å². The number of aromatic nitrogens is 2. The second-order valence-electron chi connectivity index (χ2n) is 5.63. The zero-order valence-electron chi connectivity index (χ0n) is 12.9. The molecule has 0 aromatic carbocycles. The highest BCUT2D eigenvalue weighted by Gasteiger charge is 2.18. The molecule has 7 heteroatoms. The summed E-state index contributed by atoms with van der Waals surface area (Å²) in [6.45, 7) is 0. The van der Waals surface area contributed by atoms with Crippen molar-refractivity contribution in [3.8, 4) is 22.5 Å². The molecule has 0 amide bonds. The Kier molecular flexibility index (Phi) is 3.06. The van der Waals surface area contributed by atoms with Crippen LogP contribution in [0.15, 0.2) is 52.0 Å². The molecule has 5 aromatic heterocycles. The minimum atomic E-state index is 0.375. The van der Waals surface area contributed by atoms with Gasteiger partial charge in [0.25, 0.3) is 0 Å². The van der Waals surface area contributed by atoms with Crippen molar-refractivity contribution in [1.82, 2.24) is 9.97 Å². The fourth-order valence-electron chi connectivity index (χ4n) is 3.01. The number of nitrogens with two attached hydrogens (primary N) is 2. The van der Waals surface area contributed by atoms with Crippen LogP contribution in [0.5, 0.6) is 0 Å². The first-order valence-electron chi connectivity index (χ1n) is 7.55. The SMILES string of the molecule is Nc1sccc1-c1cnc(N)c2oc(-c3csc4cnccc34)cc12. The van der Waals surface area contributed by atoms with Crippen molar-refractivity contribution < 1.29 is 4.42 Å². The largest absolute Gasteiger partial charge is 0.452 e. The zero-order valence-corrected chi connectivity index (χ0v) is 14.5. The number of fused-ring (bicyclic) bond motifs is 2. The molecule has 0 radical (unpaired) electrons. The second-order valence-corrected chi connectivity index (χ2v) is 7.49. The lowest BCUT2D eigenvalue weighted by molar-refractivity contribution is 0.632. The lowest BCUT2D eigenvalue weighted by Gasteiger charge is -2.02. The molecule has 5 heterocycles. The number of hydrogen-bond acceptors (Lipinski definition) is 7. The average molecular weight is 364 g/mol. The minimum Gasteiger partial charge on any atom is -0.452 e. The quantitative estimate of drug-likeness (QED) is 0.460. The number of thiophene rings is 2. The first-order chi connectivity index (χ1) is 12.2. The molecule has 0 aliphatic carbocycles. The number of hydrogen-bond donors (Lipinski definition) is 2. The third-order valence-electron chi connectivity index (χ3n) is 4.22. The highest BCUT2D eigenvalue weighted by molar-refractivity contribution is 7.17. The smallest absolute Gasteiger partial charge is 0.177 e. The normalized spacial score (nSPS) is 11.5. The van der Waals surface area contributed by atoms with Gasteiger partial charge >= 0.3 is 0 Å². The van der Waals surface area contributed by atoms with E-state index in [1.807, 2.05) is 29.8 Å². The van der Waals surface area contributed by atoms with Gasteiger partial charge in [-0.05, 0) is 23.6 Å². The van der Waals surface area contributed by atoms with Crippen LogP contribution in [0.2, 0.25) is 0 Å². The van der Waals surface area contributed by atoms with Gasteiger partial charge in [-0.3, -0.25) is 4.98 Å². The first-order valence-corrected chi connectivity index (χ1v) is 9.31. The van der Waals surface area contributed by atoms with Gasteiger partial charge in [0.15, 0.2) is 11.4 Å². The maximum atomic E-state index is 6.10. The van der Waals surface area contributed by atoms with Crippen molar-refractivity contribution >= 4 is 54.5 Å². The van der Waals surface area contributed by atoms with Crippen molar-refractivity contribution in [2.75, 3.05) is 11.5 Å². The summed E-state index contributed by atoms with van der Waals surface area (Å²) < 4.78 is 7.21. The number of nitrogen functional groups attached to an aromatic ring is 2. The molecule has 0 fully saturated rings. The van der Waals surface area contributed by atoms with Gasteiger partial charge in [0.05, 0.1) is 9.70 Å². The number of rotatable bonds is 2. The molecule has 0 aliphatic rings. The Morgan fingerprint density at radius 3 is 2.72 bits per heavy atom. The molecule has 0 aliphatic heterocycles. The van der Waals surface area contributed by atoms with E-state index in [-0.39, 0.29) is 0 Å². The van der Waals surface area contributed by atoms with Crippen LogP contribution in [-0.2, 0) is 0 Å². The zero-order chi connectivity index (χ0) is 17.0. The molecule has 122 valence electrons. The summed E-state index contributed by atoms with van der Waals surface area (Å²) in [5.74, 6) is 1.14. The van der Waals surface area contributed by atoms with Crippen LogP contribution in [0.3, 0.4) is 0 Å². The summed E-state index contributed by atoms with van der Waals surface area (Å²) in [7, 11) is 0. The van der Waals surface area contributed by atoms with Crippen LogP contribution in [0, 0.1) is 0 Å². The predicted molar refractivity (Wildman–Crippen MR) is 105 cm³/mol. The van der Waals surface area contributed by atoms with Gasteiger partial charge in [0, 0.05) is 51.4 Å². The summed E-state index contributed by atoms with van der Waals surface area (Å²) >= 11 is 3.14. The van der Waals surface area contributed by atoms with E-state index in [4.69, 9.17) is 15.9 Å². The van der Waals surface area contributed by atoms with Crippen LogP contribution in [-0.4, -0.2) is 9.97 Å². The van der Waals surface area contributed by atoms with Gasteiger partial charge in [-0.1, -0.05) is 0 Å². The Labute approximate surface area is 150 Å². The van der Waals surface area contributed by atoms with E-state index in [9.17, 15) is 0 Å². The standard InChI is InChI=1S/C18H12N4OS2/c19-17-16-11(12(6-22-17)10-2-4-24-18(10)20)5-14(23-16)13-8-25-15-7-21-3-1-9(13)15/h1-8H,20H2,(H2,19,22). The van der Waals surface area contributed by atoms with Crippen molar-refractivity contribution in [1.29, 1.82) is 0 Å². The number of pyridine rings is 2. The lowest BCUT2D eigenvalue weighted by atomic mass is 10.1. The topological polar surface area (TPSA) is 91.0 Å². The van der Waals surface area contributed by atoms with Gasteiger partial charge in [0.1, 0.15) is 5.76 Å². The predicted octanol–water partition coefficient (Wildman–Crippen LogP) is 5.00. The number of nitrogens with zero attached hydrogens (tertiary/aromatic N) is 2. The Morgan fingerprint density at radius 2 is 1.88 bits per heavy atom. The molecule has 5 rings (SSSR count). The van der Waals surface area contributed by atoms with Crippen LogP contribution in [0.1, 0.15) is 0 Å². The summed E-state index contributed by atoms with van der Waals surface area (Å²) in [5, 5.41) is 6.82. The molecular weight excluding hydrogens is 352 g/mol. The van der Waals surface area contributed by atoms with E-state index < -0.39 is 0 Å². The molecular formula is C18H12N4OS2. The fraction of sp³-hybridized carbons (Fsp3) is 0. The van der Waals surface area contributed by atoms with Crippen LogP contribution < -0.4 is 11.5 Å². The number of furan rings is 1. The van der Waals surface area contributed by atoms with Crippen molar-refractivity contribution in [2.24, 2.45) is 0 Å². The van der Waals surface area contributed by atoms with E-state index in [2.05, 4.69) is 15.3 Å². The Hall–Kier alpha value is -2.90. The van der Waals surface area contributed by atoms with Crippen LogP contribution >= 0.6 is 22.7 Å². The Bertz CT molecular complexity index is 1230. The molecule has 5 nitrogen and oxygen atoms in total. The molecule has 0 atom stereocenters. The van der Waals surface area contributed by atoms with E-state index in [0.717, 1.165) is 42.9 Å². The lowest BCUT2D eigenvalue weighted by Crippen LogP contribution is -1.92. The highest BCUT2D eigenvalue weighted by atomic mass is 32.1. The summed E-state index contributed by atoms with van der Waals surface area (Å²) in [6.07, 6.45) is 5.40. The molecule has 4 N–H and O–H groups in total. The molecule has 25 heavy (non-hydrogen) atoms. The molecule has 0 saturated carbocycles.